The van der Waals surface area contributed by atoms with E-state index >= 15 is 0 Å². The second-order valence-corrected chi connectivity index (χ2v) is 6.59. The van der Waals surface area contributed by atoms with E-state index in [1.807, 2.05) is 0 Å². The van der Waals surface area contributed by atoms with Gasteiger partial charge in [-0.1, -0.05) is 51.5 Å². The monoisotopic (exact) mass is 275 g/mol. The summed E-state index contributed by atoms with van der Waals surface area (Å²) in [4.78, 5) is 2.47. The van der Waals surface area contributed by atoms with Crippen molar-refractivity contribution < 1.29 is 5.11 Å². The molecule has 1 saturated carbocycles. The molecule has 2 rings (SSSR count). The first-order valence-electron chi connectivity index (χ1n) is 8.11. The third-order valence-electron chi connectivity index (χ3n) is 3.97. The van der Waals surface area contributed by atoms with Gasteiger partial charge in [0.05, 0.1) is 6.10 Å². The van der Waals surface area contributed by atoms with E-state index in [1.54, 1.807) is 0 Å². The maximum Gasteiger partial charge on any atom is 0.0917 e. The zero-order valence-corrected chi connectivity index (χ0v) is 13.2. The lowest BCUT2D eigenvalue weighted by molar-refractivity contribution is 0.101. The summed E-state index contributed by atoms with van der Waals surface area (Å²) < 4.78 is 0. The molecule has 0 radical (unpaired) electrons. The molecule has 20 heavy (non-hydrogen) atoms. The molecule has 1 atom stereocenters. The Hall–Kier alpha value is -0.860. The van der Waals surface area contributed by atoms with Gasteiger partial charge in [-0.25, -0.2) is 0 Å². The number of hydrogen-bond donors (Lipinski definition) is 1. The predicted molar refractivity (Wildman–Crippen MR) is 84.8 cm³/mol. The highest BCUT2D eigenvalue weighted by Crippen LogP contribution is 2.29. The maximum absolute atomic E-state index is 10.5. The molecule has 1 N–H and O–H groups in total. The van der Waals surface area contributed by atoms with Gasteiger partial charge in [0.15, 0.2) is 0 Å². The molecule has 0 amide bonds. The lowest BCUT2D eigenvalue weighted by atomic mass is 10.0. The van der Waals surface area contributed by atoms with E-state index in [2.05, 4.69) is 49.9 Å². The third-order valence-corrected chi connectivity index (χ3v) is 3.97. The summed E-state index contributed by atoms with van der Waals surface area (Å²) in [7, 11) is 0. The van der Waals surface area contributed by atoms with Crippen LogP contribution in [0.3, 0.4) is 0 Å². The minimum Gasteiger partial charge on any atom is -0.387 e. The van der Waals surface area contributed by atoms with Crippen LogP contribution in [0.2, 0.25) is 0 Å². The molecule has 2 nitrogen and oxygen atoms in total. The van der Waals surface area contributed by atoms with Gasteiger partial charge in [0.2, 0.25) is 0 Å². The Labute approximate surface area is 123 Å². The average Bonchev–Trinajstić information content (AvgIpc) is 3.23. The van der Waals surface area contributed by atoms with Gasteiger partial charge in [0, 0.05) is 19.1 Å². The van der Waals surface area contributed by atoms with Gasteiger partial charge in [-0.05, 0) is 36.3 Å². The lowest BCUT2D eigenvalue weighted by Crippen LogP contribution is -2.33. The van der Waals surface area contributed by atoms with Gasteiger partial charge in [-0.2, -0.15) is 0 Å². The molecule has 0 heterocycles. The van der Waals surface area contributed by atoms with Gasteiger partial charge < -0.3 is 5.11 Å². The first kappa shape index (κ1) is 15.5. The molecule has 1 aromatic rings. The fourth-order valence-electron chi connectivity index (χ4n) is 2.80. The van der Waals surface area contributed by atoms with E-state index in [0.29, 0.717) is 12.0 Å². The molecule has 1 unspecified atom stereocenters. The van der Waals surface area contributed by atoms with Crippen LogP contribution in [0.15, 0.2) is 24.3 Å². The first-order chi connectivity index (χ1) is 9.60. The molecule has 0 saturated heterocycles. The smallest absolute Gasteiger partial charge is 0.0917 e. The molecular weight excluding hydrogens is 246 g/mol. The molecule has 0 bridgehead atoms. The second kappa shape index (κ2) is 7.24. The van der Waals surface area contributed by atoms with Gasteiger partial charge in [0.1, 0.15) is 0 Å². The molecule has 0 aromatic heterocycles. The van der Waals surface area contributed by atoms with Crippen LogP contribution in [0, 0.1) is 5.92 Å². The number of benzene rings is 1. The van der Waals surface area contributed by atoms with Crippen molar-refractivity contribution in [3.63, 3.8) is 0 Å². The quantitative estimate of drug-likeness (QED) is 0.780. The number of rotatable bonds is 8. The molecular formula is C18H29NO. The van der Waals surface area contributed by atoms with E-state index in [1.165, 1.54) is 24.8 Å². The number of hydrogen-bond acceptors (Lipinski definition) is 2. The van der Waals surface area contributed by atoms with Crippen molar-refractivity contribution in [2.24, 2.45) is 5.92 Å². The van der Waals surface area contributed by atoms with Crippen LogP contribution in [0.1, 0.15) is 57.3 Å². The van der Waals surface area contributed by atoms with E-state index in [0.717, 1.165) is 25.1 Å². The number of aliphatic hydroxyl groups is 1. The van der Waals surface area contributed by atoms with Crippen LogP contribution in [-0.2, 0) is 6.42 Å². The molecule has 0 spiro atoms. The maximum atomic E-state index is 10.5. The molecule has 1 fully saturated rings. The third kappa shape index (κ3) is 4.60. The van der Waals surface area contributed by atoms with Crippen LogP contribution >= 0.6 is 0 Å². The molecule has 112 valence electrons. The topological polar surface area (TPSA) is 23.5 Å². The Bertz CT molecular complexity index is 394. The highest BCUT2D eigenvalue weighted by atomic mass is 16.3. The summed E-state index contributed by atoms with van der Waals surface area (Å²) >= 11 is 0. The zero-order chi connectivity index (χ0) is 14.5. The Kier molecular flexibility index (Phi) is 5.62. The Morgan fingerprint density at radius 1 is 1.15 bits per heavy atom. The van der Waals surface area contributed by atoms with Crippen LogP contribution in [0.25, 0.3) is 0 Å². The van der Waals surface area contributed by atoms with Crippen molar-refractivity contribution in [3.05, 3.63) is 35.4 Å². The van der Waals surface area contributed by atoms with Crippen molar-refractivity contribution in [2.45, 2.75) is 58.6 Å². The second-order valence-electron chi connectivity index (χ2n) is 6.59. The van der Waals surface area contributed by atoms with Crippen LogP contribution < -0.4 is 0 Å². The SMILES string of the molecule is CCCc1ccc(C(O)CN(CC(C)C)C2CC2)cc1. The summed E-state index contributed by atoms with van der Waals surface area (Å²) in [6, 6.07) is 9.22. The van der Waals surface area contributed by atoms with Crippen LogP contribution in [-0.4, -0.2) is 29.1 Å². The van der Waals surface area contributed by atoms with E-state index in [9.17, 15) is 5.11 Å². The lowest BCUT2D eigenvalue weighted by Gasteiger charge is -2.26. The van der Waals surface area contributed by atoms with Crippen molar-refractivity contribution in [2.75, 3.05) is 13.1 Å². The minimum absolute atomic E-state index is 0.356. The van der Waals surface area contributed by atoms with Crippen molar-refractivity contribution in [1.82, 2.24) is 4.90 Å². The van der Waals surface area contributed by atoms with Crippen molar-refractivity contribution in [3.8, 4) is 0 Å². The van der Waals surface area contributed by atoms with Gasteiger partial charge >= 0.3 is 0 Å². The summed E-state index contributed by atoms with van der Waals surface area (Å²) in [5.74, 6) is 0.662. The zero-order valence-electron chi connectivity index (χ0n) is 13.2. The number of aryl methyl sites for hydroxylation is 1. The largest absolute Gasteiger partial charge is 0.387 e. The molecule has 1 aliphatic rings. The fourth-order valence-corrected chi connectivity index (χ4v) is 2.80. The fraction of sp³-hybridized carbons (Fsp3) is 0.667. The Morgan fingerprint density at radius 3 is 2.30 bits per heavy atom. The molecule has 2 heteroatoms. The van der Waals surface area contributed by atoms with Crippen LogP contribution in [0.5, 0.6) is 0 Å². The Balaban J connectivity index is 1.93. The highest BCUT2D eigenvalue weighted by Gasteiger charge is 2.30. The summed E-state index contributed by atoms with van der Waals surface area (Å²) in [5.41, 5.74) is 2.42. The molecule has 1 aliphatic carbocycles. The standard InChI is InChI=1S/C18H29NO/c1-4-5-15-6-8-16(9-7-15)18(20)13-19(12-14(2)3)17-10-11-17/h6-9,14,17-18,20H,4-5,10-13H2,1-3H3. The molecule has 1 aromatic carbocycles. The highest BCUT2D eigenvalue weighted by molar-refractivity contribution is 5.24. The first-order valence-corrected chi connectivity index (χ1v) is 8.11. The van der Waals surface area contributed by atoms with E-state index < -0.39 is 0 Å². The van der Waals surface area contributed by atoms with Crippen molar-refractivity contribution in [1.29, 1.82) is 0 Å². The summed E-state index contributed by atoms with van der Waals surface area (Å²) in [6.07, 6.45) is 4.54. The van der Waals surface area contributed by atoms with Gasteiger partial charge in [-0.15, -0.1) is 0 Å². The predicted octanol–water partition coefficient (Wildman–Crippen LogP) is 3.79. The van der Waals surface area contributed by atoms with Gasteiger partial charge in [0.25, 0.3) is 0 Å². The number of aliphatic hydroxyl groups excluding tert-OH is 1. The van der Waals surface area contributed by atoms with E-state index in [4.69, 9.17) is 0 Å². The van der Waals surface area contributed by atoms with E-state index in [-0.39, 0.29) is 6.10 Å². The average molecular weight is 275 g/mol. The normalized spacial score (nSPS) is 16.9. The van der Waals surface area contributed by atoms with Crippen molar-refractivity contribution >= 4 is 0 Å². The van der Waals surface area contributed by atoms with Crippen LogP contribution in [0.4, 0.5) is 0 Å². The summed E-state index contributed by atoms with van der Waals surface area (Å²) in [6.45, 7) is 8.57. The van der Waals surface area contributed by atoms with Gasteiger partial charge in [-0.3, -0.25) is 4.90 Å². The summed E-state index contributed by atoms with van der Waals surface area (Å²) in [5, 5.41) is 10.5. The molecule has 0 aliphatic heterocycles. The minimum atomic E-state index is -0.356. The number of nitrogens with zero attached hydrogens (tertiary/aromatic N) is 1. The Morgan fingerprint density at radius 2 is 1.80 bits per heavy atom.